The number of halogens is 4. The summed E-state index contributed by atoms with van der Waals surface area (Å²) in [4.78, 5) is 0. The number of aryl methyl sites for hydroxylation is 2. The Labute approximate surface area is 229 Å². The van der Waals surface area contributed by atoms with E-state index in [0.29, 0.717) is 11.5 Å². The Kier molecular flexibility index (Phi) is 10.0. The summed E-state index contributed by atoms with van der Waals surface area (Å²) < 4.78 is 64.1. The van der Waals surface area contributed by atoms with Crippen LogP contribution >= 0.6 is 0 Å². The zero-order chi connectivity index (χ0) is 27.8. The minimum Gasteiger partial charge on any atom is -0.491 e. The standard InChI is InChI=1S/C34H36F4O/c1-3-5-8-23-11-13-24(14-12-23)9-6-7-10-25-15-17-26(18-16-25)27-19-20-28(32(36)31(27)35)29-21-22-30(39-4-2)34(38)33(29)37/h3,7,10-14,19-22,25-26H,1,4-6,8-9,15-18H2,2H3. The molecular formula is C34H36F4O. The number of ether oxygens (including phenoxy) is 1. The minimum atomic E-state index is -1.25. The molecule has 1 fully saturated rings. The van der Waals surface area contributed by atoms with Crippen molar-refractivity contribution >= 4 is 0 Å². The van der Waals surface area contributed by atoms with Crippen molar-refractivity contribution in [2.75, 3.05) is 6.61 Å². The van der Waals surface area contributed by atoms with Crippen LogP contribution in [0.2, 0.25) is 0 Å². The maximum absolute atomic E-state index is 15.1. The van der Waals surface area contributed by atoms with Gasteiger partial charge >= 0.3 is 0 Å². The van der Waals surface area contributed by atoms with Gasteiger partial charge in [0.05, 0.1) is 6.61 Å². The lowest BCUT2D eigenvalue weighted by Gasteiger charge is -2.27. The van der Waals surface area contributed by atoms with Crippen molar-refractivity contribution in [1.29, 1.82) is 0 Å². The Morgan fingerprint density at radius 2 is 1.33 bits per heavy atom. The fraction of sp³-hybridized carbons (Fsp3) is 0.353. The summed E-state index contributed by atoms with van der Waals surface area (Å²) in [5, 5.41) is 0. The minimum absolute atomic E-state index is 0.0975. The molecule has 206 valence electrons. The molecule has 5 heteroatoms. The van der Waals surface area contributed by atoms with Crippen LogP contribution in [-0.2, 0) is 12.8 Å². The quantitative estimate of drug-likeness (QED) is 0.175. The highest BCUT2D eigenvalue weighted by Crippen LogP contribution is 2.40. The third-order valence-electron chi connectivity index (χ3n) is 7.63. The molecule has 0 unspecified atom stereocenters. The van der Waals surface area contributed by atoms with Gasteiger partial charge in [-0.05, 0) is 98.9 Å². The lowest BCUT2D eigenvalue weighted by Crippen LogP contribution is -2.14. The van der Waals surface area contributed by atoms with Crippen molar-refractivity contribution in [3.8, 4) is 16.9 Å². The normalized spacial score (nSPS) is 17.5. The van der Waals surface area contributed by atoms with Gasteiger partial charge in [-0.25, -0.2) is 13.2 Å². The number of benzene rings is 3. The largest absolute Gasteiger partial charge is 0.491 e. The van der Waals surface area contributed by atoms with Gasteiger partial charge in [0.1, 0.15) is 0 Å². The van der Waals surface area contributed by atoms with E-state index >= 15 is 8.78 Å². The van der Waals surface area contributed by atoms with Crippen LogP contribution in [0.1, 0.15) is 68.1 Å². The third kappa shape index (κ3) is 7.00. The summed E-state index contributed by atoms with van der Waals surface area (Å²) in [6, 6.07) is 14.1. The van der Waals surface area contributed by atoms with Gasteiger partial charge in [0, 0.05) is 11.1 Å². The molecule has 0 N–H and O–H groups in total. The summed E-state index contributed by atoms with van der Waals surface area (Å²) in [5.74, 6) is -4.51. The molecule has 0 aromatic heterocycles. The second-order valence-corrected chi connectivity index (χ2v) is 10.2. The van der Waals surface area contributed by atoms with E-state index in [1.165, 1.54) is 35.4 Å². The molecule has 3 aromatic carbocycles. The molecule has 0 amide bonds. The molecule has 0 radical (unpaired) electrons. The maximum atomic E-state index is 15.1. The van der Waals surface area contributed by atoms with Crippen LogP contribution in [0, 0.1) is 29.2 Å². The van der Waals surface area contributed by atoms with Gasteiger partial charge in [-0.3, -0.25) is 0 Å². The highest BCUT2D eigenvalue weighted by atomic mass is 19.2. The van der Waals surface area contributed by atoms with Crippen molar-refractivity contribution in [2.45, 2.75) is 64.2 Å². The highest BCUT2D eigenvalue weighted by Gasteiger charge is 2.27. The SMILES string of the molecule is C=CCCc1ccc(CCC=CC2CCC(c3ccc(-c4ccc(OCC)c(F)c4F)c(F)c3F)CC2)cc1. The predicted molar refractivity (Wildman–Crippen MR) is 150 cm³/mol. The van der Waals surface area contributed by atoms with Gasteiger partial charge in [0.15, 0.2) is 23.2 Å². The number of rotatable bonds is 11. The first-order chi connectivity index (χ1) is 18.9. The van der Waals surface area contributed by atoms with E-state index in [0.717, 1.165) is 51.4 Å². The second-order valence-electron chi connectivity index (χ2n) is 10.2. The monoisotopic (exact) mass is 536 g/mol. The average molecular weight is 537 g/mol. The Balaban J connectivity index is 1.32. The highest BCUT2D eigenvalue weighted by molar-refractivity contribution is 5.66. The van der Waals surface area contributed by atoms with Crippen LogP contribution in [0.3, 0.4) is 0 Å². The number of hydrogen-bond acceptors (Lipinski definition) is 1. The zero-order valence-electron chi connectivity index (χ0n) is 22.5. The van der Waals surface area contributed by atoms with Crippen molar-refractivity contribution in [2.24, 2.45) is 5.92 Å². The van der Waals surface area contributed by atoms with E-state index in [1.54, 1.807) is 6.92 Å². The Bertz CT molecular complexity index is 1290. The molecule has 0 saturated heterocycles. The molecule has 1 saturated carbocycles. The van der Waals surface area contributed by atoms with Gasteiger partial charge in [-0.1, -0.05) is 54.6 Å². The topological polar surface area (TPSA) is 9.23 Å². The number of hydrogen-bond donors (Lipinski definition) is 0. The first-order valence-electron chi connectivity index (χ1n) is 13.9. The molecule has 4 rings (SSSR count). The summed E-state index contributed by atoms with van der Waals surface area (Å²) in [5.41, 5.74) is 2.34. The second kappa shape index (κ2) is 13.6. The van der Waals surface area contributed by atoms with Gasteiger partial charge in [0.2, 0.25) is 5.82 Å². The lowest BCUT2D eigenvalue weighted by molar-refractivity contribution is 0.314. The molecule has 1 aliphatic rings. The van der Waals surface area contributed by atoms with Crippen LogP contribution in [0.5, 0.6) is 5.75 Å². The molecule has 1 nitrogen and oxygen atoms in total. The molecule has 39 heavy (non-hydrogen) atoms. The van der Waals surface area contributed by atoms with Gasteiger partial charge < -0.3 is 4.74 Å². The summed E-state index contributed by atoms with van der Waals surface area (Å²) >= 11 is 0. The van der Waals surface area contributed by atoms with Crippen molar-refractivity contribution < 1.29 is 22.3 Å². The molecule has 1 aliphatic carbocycles. The molecule has 0 bridgehead atoms. The molecule has 0 spiro atoms. The first-order valence-corrected chi connectivity index (χ1v) is 13.9. The van der Waals surface area contributed by atoms with E-state index in [2.05, 4.69) is 43.0 Å². The molecule has 0 heterocycles. The first kappa shape index (κ1) is 28.7. The van der Waals surface area contributed by atoms with E-state index in [9.17, 15) is 8.78 Å². The van der Waals surface area contributed by atoms with Crippen molar-refractivity contribution in [1.82, 2.24) is 0 Å². The molecular weight excluding hydrogens is 500 g/mol. The van der Waals surface area contributed by atoms with Crippen LogP contribution in [0.25, 0.3) is 11.1 Å². The summed E-state index contributed by atoms with van der Waals surface area (Å²) in [6.07, 6.45) is 13.7. The van der Waals surface area contributed by atoms with Gasteiger partial charge in [-0.2, -0.15) is 4.39 Å². The van der Waals surface area contributed by atoms with Crippen LogP contribution < -0.4 is 4.74 Å². The van der Waals surface area contributed by atoms with Gasteiger partial charge in [0.25, 0.3) is 0 Å². The smallest absolute Gasteiger partial charge is 0.201 e. The fourth-order valence-corrected chi connectivity index (χ4v) is 5.40. The fourth-order valence-electron chi connectivity index (χ4n) is 5.40. The summed E-state index contributed by atoms with van der Waals surface area (Å²) in [6.45, 7) is 5.58. The molecule has 0 atom stereocenters. The number of allylic oxidation sites excluding steroid dienone is 3. The van der Waals surface area contributed by atoms with Gasteiger partial charge in [-0.15, -0.1) is 6.58 Å². The van der Waals surface area contributed by atoms with E-state index in [1.807, 2.05) is 6.08 Å². The average Bonchev–Trinajstić information content (AvgIpc) is 2.95. The van der Waals surface area contributed by atoms with Crippen molar-refractivity contribution in [3.63, 3.8) is 0 Å². The maximum Gasteiger partial charge on any atom is 0.201 e. The Morgan fingerprint density at radius 1 is 0.744 bits per heavy atom. The Morgan fingerprint density at radius 3 is 1.95 bits per heavy atom. The molecule has 3 aromatic rings. The lowest BCUT2D eigenvalue weighted by atomic mass is 9.78. The van der Waals surface area contributed by atoms with Crippen LogP contribution in [0.15, 0.2) is 73.3 Å². The Hall–Kier alpha value is -3.34. The van der Waals surface area contributed by atoms with Crippen molar-refractivity contribution in [3.05, 3.63) is 113 Å². The van der Waals surface area contributed by atoms with E-state index in [4.69, 9.17) is 4.74 Å². The van der Waals surface area contributed by atoms with E-state index < -0.39 is 23.3 Å². The predicted octanol–water partition coefficient (Wildman–Crippen LogP) is 9.89. The molecule has 0 aliphatic heterocycles. The zero-order valence-corrected chi connectivity index (χ0v) is 22.5. The van der Waals surface area contributed by atoms with Crippen LogP contribution in [0.4, 0.5) is 17.6 Å². The van der Waals surface area contributed by atoms with E-state index in [-0.39, 0.29) is 29.4 Å². The van der Waals surface area contributed by atoms with Crippen LogP contribution in [-0.4, -0.2) is 6.61 Å². The summed E-state index contributed by atoms with van der Waals surface area (Å²) in [7, 11) is 0. The third-order valence-corrected chi connectivity index (χ3v) is 7.63.